The summed E-state index contributed by atoms with van der Waals surface area (Å²) in [4.78, 5) is 0. The first kappa shape index (κ1) is 7.85. The molecule has 0 N–H and O–H groups in total. The molecule has 0 heteroatoms. The SMILES string of the molecule is C[C](C)[C@H]1C[C@@H]1c1ccccc1. The third-order valence-corrected chi connectivity index (χ3v) is 2.76. The minimum Gasteiger partial charge on any atom is -0.0622 e. The maximum atomic E-state index is 2.24. The highest BCUT2D eigenvalue weighted by Crippen LogP contribution is 2.52. The van der Waals surface area contributed by atoms with E-state index in [2.05, 4.69) is 44.2 Å². The van der Waals surface area contributed by atoms with E-state index in [0.717, 1.165) is 11.8 Å². The number of benzene rings is 1. The van der Waals surface area contributed by atoms with E-state index in [1.165, 1.54) is 12.0 Å². The molecule has 1 aromatic carbocycles. The van der Waals surface area contributed by atoms with Crippen molar-refractivity contribution >= 4 is 0 Å². The van der Waals surface area contributed by atoms with Gasteiger partial charge in [0, 0.05) is 0 Å². The van der Waals surface area contributed by atoms with Crippen LogP contribution in [-0.4, -0.2) is 0 Å². The van der Waals surface area contributed by atoms with Crippen molar-refractivity contribution in [3.8, 4) is 0 Å². The third-order valence-electron chi connectivity index (χ3n) is 2.76. The lowest BCUT2D eigenvalue weighted by Gasteiger charge is -2.02. The third kappa shape index (κ3) is 1.38. The van der Waals surface area contributed by atoms with E-state index in [1.807, 2.05) is 0 Å². The molecule has 1 radical (unpaired) electrons. The Morgan fingerprint density at radius 3 is 2.33 bits per heavy atom. The molecule has 0 aromatic heterocycles. The van der Waals surface area contributed by atoms with Crippen LogP contribution < -0.4 is 0 Å². The van der Waals surface area contributed by atoms with Gasteiger partial charge in [-0.2, -0.15) is 0 Å². The Bertz CT molecular complexity index is 248. The smallest absolute Gasteiger partial charge is 0.0125 e. The lowest BCUT2D eigenvalue weighted by Crippen LogP contribution is -1.89. The van der Waals surface area contributed by atoms with Gasteiger partial charge in [-0.1, -0.05) is 44.2 Å². The maximum absolute atomic E-state index is 2.24. The van der Waals surface area contributed by atoms with Crippen molar-refractivity contribution in [1.29, 1.82) is 0 Å². The van der Waals surface area contributed by atoms with Crippen molar-refractivity contribution < 1.29 is 0 Å². The Labute approximate surface area is 74.6 Å². The fourth-order valence-corrected chi connectivity index (χ4v) is 1.90. The van der Waals surface area contributed by atoms with Gasteiger partial charge in [-0.15, -0.1) is 0 Å². The van der Waals surface area contributed by atoms with Gasteiger partial charge in [0.05, 0.1) is 0 Å². The Morgan fingerprint density at radius 2 is 1.83 bits per heavy atom. The fraction of sp³-hybridized carbons (Fsp3) is 0.417. The average Bonchev–Trinajstić information content (AvgIpc) is 2.84. The van der Waals surface area contributed by atoms with Crippen LogP contribution in [0.2, 0.25) is 0 Å². The van der Waals surface area contributed by atoms with Gasteiger partial charge in [-0.05, 0) is 29.7 Å². The van der Waals surface area contributed by atoms with Gasteiger partial charge in [0.15, 0.2) is 0 Å². The Hall–Kier alpha value is -0.780. The summed E-state index contributed by atoms with van der Waals surface area (Å²) in [5.41, 5.74) is 1.52. The van der Waals surface area contributed by atoms with E-state index >= 15 is 0 Å². The summed E-state index contributed by atoms with van der Waals surface area (Å²) in [5, 5.41) is 0. The first-order valence-electron chi connectivity index (χ1n) is 4.64. The molecular formula is C12H15. The van der Waals surface area contributed by atoms with Gasteiger partial charge >= 0.3 is 0 Å². The lowest BCUT2D eigenvalue weighted by atomic mass is 10.0. The second-order valence-electron chi connectivity index (χ2n) is 3.94. The van der Waals surface area contributed by atoms with Gasteiger partial charge in [0.1, 0.15) is 0 Å². The molecule has 2 rings (SSSR count). The van der Waals surface area contributed by atoms with Crippen molar-refractivity contribution in [2.24, 2.45) is 5.92 Å². The molecule has 12 heavy (non-hydrogen) atoms. The van der Waals surface area contributed by atoms with E-state index in [0.29, 0.717) is 0 Å². The van der Waals surface area contributed by atoms with E-state index < -0.39 is 0 Å². The number of hydrogen-bond donors (Lipinski definition) is 0. The normalized spacial score (nSPS) is 27.6. The van der Waals surface area contributed by atoms with Gasteiger partial charge in [-0.3, -0.25) is 0 Å². The van der Waals surface area contributed by atoms with Crippen LogP contribution in [0.25, 0.3) is 0 Å². The molecule has 1 aliphatic carbocycles. The van der Waals surface area contributed by atoms with Gasteiger partial charge in [-0.25, -0.2) is 0 Å². The zero-order chi connectivity index (χ0) is 8.55. The number of hydrogen-bond acceptors (Lipinski definition) is 0. The quantitative estimate of drug-likeness (QED) is 0.620. The highest BCUT2D eigenvalue weighted by molar-refractivity contribution is 5.28. The van der Waals surface area contributed by atoms with Crippen LogP contribution in [0.3, 0.4) is 0 Å². The summed E-state index contributed by atoms with van der Waals surface area (Å²) in [6.45, 7) is 4.49. The van der Waals surface area contributed by atoms with Crippen molar-refractivity contribution in [2.45, 2.75) is 26.2 Å². The van der Waals surface area contributed by atoms with Crippen molar-refractivity contribution in [3.05, 3.63) is 41.8 Å². The molecule has 1 fully saturated rings. The standard InChI is InChI=1S/C12H15/c1-9(2)11-8-12(11)10-6-4-3-5-7-10/h3-7,11-12H,8H2,1-2H3/t11-,12-/m1/s1. The van der Waals surface area contributed by atoms with Crippen LogP contribution in [0.15, 0.2) is 30.3 Å². The molecule has 0 aliphatic heterocycles. The maximum Gasteiger partial charge on any atom is -0.0125 e. The molecule has 0 amide bonds. The Kier molecular flexibility index (Phi) is 1.92. The molecule has 0 spiro atoms. The van der Waals surface area contributed by atoms with Gasteiger partial charge < -0.3 is 0 Å². The minimum atomic E-state index is 0.830. The van der Waals surface area contributed by atoms with Crippen LogP contribution in [0.1, 0.15) is 31.7 Å². The molecular weight excluding hydrogens is 144 g/mol. The number of rotatable bonds is 2. The zero-order valence-electron chi connectivity index (χ0n) is 7.75. The lowest BCUT2D eigenvalue weighted by molar-refractivity contribution is 0.809. The molecule has 1 saturated carbocycles. The molecule has 0 bridgehead atoms. The first-order chi connectivity index (χ1) is 5.79. The van der Waals surface area contributed by atoms with Crippen LogP contribution in [0.4, 0.5) is 0 Å². The monoisotopic (exact) mass is 159 g/mol. The minimum absolute atomic E-state index is 0.830. The molecule has 0 unspecified atom stereocenters. The Balaban J connectivity index is 2.06. The predicted octanol–water partition coefficient (Wildman–Crippen LogP) is 3.40. The van der Waals surface area contributed by atoms with Gasteiger partial charge in [0.25, 0.3) is 0 Å². The topological polar surface area (TPSA) is 0 Å². The van der Waals surface area contributed by atoms with Gasteiger partial charge in [0.2, 0.25) is 0 Å². The molecule has 0 saturated heterocycles. The molecule has 0 nitrogen and oxygen atoms in total. The van der Waals surface area contributed by atoms with Crippen molar-refractivity contribution in [2.75, 3.05) is 0 Å². The summed E-state index contributed by atoms with van der Waals surface area (Å²) in [7, 11) is 0. The molecule has 63 valence electrons. The van der Waals surface area contributed by atoms with Crippen molar-refractivity contribution in [3.63, 3.8) is 0 Å². The predicted molar refractivity (Wildman–Crippen MR) is 51.9 cm³/mol. The second-order valence-corrected chi connectivity index (χ2v) is 3.94. The summed E-state index contributed by atoms with van der Waals surface area (Å²) in [6.07, 6.45) is 1.37. The summed E-state index contributed by atoms with van der Waals surface area (Å²) < 4.78 is 0. The molecule has 1 aromatic rings. The van der Waals surface area contributed by atoms with E-state index in [4.69, 9.17) is 0 Å². The average molecular weight is 159 g/mol. The zero-order valence-corrected chi connectivity index (χ0v) is 7.75. The second kappa shape index (κ2) is 2.93. The Morgan fingerprint density at radius 1 is 1.17 bits per heavy atom. The summed E-state index contributed by atoms with van der Waals surface area (Å²) >= 11 is 0. The highest BCUT2D eigenvalue weighted by atomic mass is 14.4. The van der Waals surface area contributed by atoms with Crippen molar-refractivity contribution in [1.82, 2.24) is 0 Å². The van der Waals surface area contributed by atoms with Crippen LogP contribution >= 0.6 is 0 Å². The highest BCUT2D eigenvalue weighted by Gasteiger charge is 2.40. The first-order valence-corrected chi connectivity index (χ1v) is 4.64. The largest absolute Gasteiger partial charge is 0.0622 e. The molecule has 2 atom stereocenters. The van der Waals surface area contributed by atoms with E-state index in [-0.39, 0.29) is 0 Å². The van der Waals surface area contributed by atoms with E-state index in [1.54, 1.807) is 5.92 Å². The fourth-order valence-electron chi connectivity index (χ4n) is 1.90. The van der Waals surface area contributed by atoms with Crippen LogP contribution in [0, 0.1) is 11.8 Å². The van der Waals surface area contributed by atoms with Crippen LogP contribution in [0.5, 0.6) is 0 Å². The summed E-state index contributed by atoms with van der Waals surface area (Å²) in [5.74, 6) is 3.28. The van der Waals surface area contributed by atoms with E-state index in [9.17, 15) is 0 Å². The summed E-state index contributed by atoms with van der Waals surface area (Å²) in [6, 6.07) is 10.8. The molecule has 1 aliphatic rings. The molecule has 0 heterocycles. The van der Waals surface area contributed by atoms with Crippen LogP contribution in [-0.2, 0) is 0 Å².